The number of hydrogen-bond donors (Lipinski definition) is 1. The molecule has 0 atom stereocenters. The van der Waals surface area contributed by atoms with Crippen molar-refractivity contribution in [1.29, 1.82) is 0 Å². The summed E-state index contributed by atoms with van der Waals surface area (Å²) < 4.78 is 10.7. The molecule has 0 aromatic carbocycles. The minimum atomic E-state index is -0.0495. The zero-order valence-corrected chi connectivity index (χ0v) is 12.9. The van der Waals surface area contributed by atoms with E-state index in [1.165, 1.54) is 0 Å². The Balaban J connectivity index is 2.71. The average molecular weight is 295 g/mol. The molecule has 0 unspecified atom stereocenters. The minimum absolute atomic E-state index is 0.0495. The predicted molar refractivity (Wildman–Crippen MR) is 81.0 cm³/mol. The van der Waals surface area contributed by atoms with E-state index in [4.69, 9.17) is 15.2 Å². The highest BCUT2D eigenvalue weighted by Gasteiger charge is 2.16. The van der Waals surface area contributed by atoms with Gasteiger partial charge in [0.05, 0.1) is 18.9 Å². The van der Waals surface area contributed by atoms with Crippen molar-refractivity contribution in [3.8, 4) is 0 Å². The van der Waals surface area contributed by atoms with Gasteiger partial charge in [-0.2, -0.15) is 0 Å². The Hall–Kier alpha value is -1.50. The van der Waals surface area contributed by atoms with Crippen LogP contribution in [0.15, 0.2) is 18.3 Å². The van der Waals surface area contributed by atoms with Crippen molar-refractivity contribution in [1.82, 2.24) is 9.88 Å². The van der Waals surface area contributed by atoms with Gasteiger partial charge in [-0.3, -0.25) is 9.78 Å². The predicted octanol–water partition coefficient (Wildman–Crippen LogP) is 1.06. The quantitative estimate of drug-likeness (QED) is 0.653. The van der Waals surface area contributed by atoms with Crippen LogP contribution in [-0.4, -0.2) is 55.3 Å². The van der Waals surface area contributed by atoms with Crippen LogP contribution in [0, 0.1) is 0 Å². The van der Waals surface area contributed by atoms with Crippen LogP contribution in [-0.2, 0) is 16.0 Å². The fraction of sp³-hybridized carbons (Fsp3) is 0.600. The van der Waals surface area contributed by atoms with Gasteiger partial charge in [0.15, 0.2) is 0 Å². The lowest BCUT2D eigenvalue weighted by Gasteiger charge is -2.22. The number of carbonyl (C=O) groups is 1. The van der Waals surface area contributed by atoms with Gasteiger partial charge in [-0.1, -0.05) is 0 Å². The molecule has 6 nitrogen and oxygen atoms in total. The van der Waals surface area contributed by atoms with Gasteiger partial charge in [-0.25, -0.2) is 0 Å². The van der Waals surface area contributed by atoms with Crippen molar-refractivity contribution in [3.05, 3.63) is 29.6 Å². The van der Waals surface area contributed by atoms with Crippen molar-refractivity contribution in [2.24, 2.45) is 5.73 Å². The highest BCUT2D eigenvalue weighted by atomic mass is 16.5. The molecule has 0 fully saturated rings. The molecule has 0 spiro atoms. The number of aromatic nitrogens is 1. The normalized spacial score (nSPS) is 10.6. The molecule has 0 saturated heterocycles. The van der Waals surface area contributed by atoms with E-state index in [-0.39, 0.29) is 5.91 Å². The fourth-order valence-electron chi connectivity index (χ4n) is 1.86. The third-order valence-electron chi connectivity index (χ3n) is 2.98. The van der Waals surface area contributed by atoms with Crippen LogP contribution in [0.3, 0.4) is 0 Å². The Bertz CT molecular complexity index is 416. The molecule has 6 heteroatoms. The second kappa shape index (κ2) is 10.3. The van der Waals surface area contributed by atoms with Crippen LogP contribution in [0.5, 0.6) is 0 Å². The van der Waals surface area contributed by atoms with Crippen molar-refractivity contribution >= 4 is 5.91 Å². The number of rotatable bonds is 10. The molecule has 0 radical (unpaired) electrons. The van der Waals surface area contributed by atoms with Gasteiger partial charge in [-0.15, -0.1) is 0 Å². The molecule has 21 heavy (non-hydrogen) atoms. The number of carbonyl (C=O) groups excluding carboxylic acids is 1. The lowest BCUT2D eigenvalue weighted by atomic mass is 10.2. The summed E-state index contributed by atoms with van der Waals surface area (Å²) in [5.41, 5.74) is 6.86. The van der Waals surface area contributed by atoms with Gasteiger partial charge >= 0.3 is 0 Å². The Labute approximate surface area is 126 Å². The Kier molecular flexibility index (Phi) is 8.57. The van der Waals surface area contributed by atoms with Crippen LogP contribution in [0.1, 0.15) is 29.9 Å². The maximum atomic E-state index is 12.5. The average Bonchev–Trinajstić information content (AvgIpc) is 2.53. The fourth-order valence-corrected chi connectivity index (χ4v) is 1.86. The Morgan fingerprint density at radius 2 is 1.86 bits per heavy atom. The smallest absolute Gasteiger partial charge is 0.254 e. The topological polar surface area (TPSA) is 77.7 Å². The van der Waals surface area contributed by atoms with Crippen molar-refractivity contribution in [2.45, 2.75) is 20.4 Å². The lowest BCUT2D eigenvalue weighted by molar-refractivity contribution is 0.0550. The van der Waals surface area contributed by atoms with E-state index < -0.39 is 0 Å². The van der Waals surface area contributed by atoms with Crippen molar-refractivity contribution in [2.75, 3.05) is 39.5 Å². The number of ether oxygens (including phenoxy) is 2. The maximum absolute atomic E-state index is 12.5. The van der Waals surface area contributed by atoms with Crippen molar-refractivity contribution in [3.63, 3.8) is 0 Å². The zero-order chi connectivity index (χ0) is 15.5. The van der Waals surface area contributed by atoms with E-state index in [2.05, 4.69) is 4.98 Å². The minimum Gasteiger partial charge on any atom is -0.380 e. The first-order valence-corrected chi connectivity index (χ1v) is 7.32. The van der Waals surface area contributed by atoms with Crippen molar-refractivity contribution < 1.29 is 14.3 Å². The number of nitrogens with zero attached hydrogens (tertiary/aromatic N) is 2. The third-order valence-corrected chi connectivity index (χ3v) is 2.98. The molecule has 0 saturated carbocycles. The molecule has 1 heterocycles. The first kappa shape index (κ1) is 17.6. The number of pyridine rings is 1. The zero-order valence-electron chi connectivity index (χ0n) is 12.9. The molecule has 1 aromatic rings. The molecule has 0 aliphatic heterocycles. The highest BCUT2D eigenvalue weighted by Crippen LogP contribution is 2.06. The molecule has 1 amide bonds. The number of amides is 1. The Morgan fingerprint density at radius 1 is 1.24 bits per heavy atom. The van der Waals surface area contributed by atoms with E-state index in [1.807, 2.05) is 13.8 Å². The summed E-state index contributed by atoms with van der Waals surface area (Å²) in [7, 11) is 0. The standard InChI is InChI=1S/C15H25N3O3/c1-3-20-9-7-18(8-10-21-4-2)15(19)13-5-6-17-14(11-13)12-16/h5-6,11H,3-4,7-10,12,16H2,1-2H3. The summed E-state index contributed by atoms with van der Waals surface area (Å²) in [6.07, 6.45) is 1.61. The summed E-state index contributed by atoms with van der Waals surface area (Å²) in [5, 5.41) is 0. The van der Waals surface area contributed by atoms with Gasteiger partial charge in [0.2, 0.25) is 0 Å². The van der Waals surface area contributed by atoms with E-state index in [9.17, 15) is 4.79 Å². The van der Waals surface area contributed by atoms with E-state index in [0.29, 0.717) is 57.3 Å². The second-order valence-electron chi connectivity index (χ2n) is 4.43. The summed E-state index contributed by atoms with van der Waals surface area (Å²) in [6.45, 7) is 7.58. The van der Waals surface area contributed by atoms with Gasteiger partial charge < -0.3 is 20.1 Å². The van der Waals surface area contributed by atoms with Gasteiger partial charge in [0.25, 0.3) is 5.91 Å². The largest absolute Gasteiger partial charge is 0.380 e. The first-order chi connectivity index (χ1) is 10.2. The van der Waals surface area contributed by atoms with Crippen LogP contribution in [0.4, 0.5) is 0 Å². The molecular formula is C15H25N3O3. The van der Waals surface area contributed by atoms with Crippen LogP contribution in [0.2, 0.25) is 0 Å². The molecular weight excluding hydrogens is 270 g/mol. The maximum Gasteiger partial charge on any atom is 0.254 e. The van der Waals surface area contributed by atoms with E-state index >= 15 is 0 Å². The van der Waals surface area contributed by atoms with Crippen LogP contribution < -0.4 is 5.73 Å². The molecule has 2 N–H and O–H groups in total. The Morgan fingerprint density at radius 3 is 2.38 bits per heavy atom. The van der Waals surface area contributed by atoms with Crippen LogP contribution in [0.25, 0.3) is 0 Å². The summed E-state index contributed by atoms with van der Waals surface area (Å²) in [5.74, 6) is -0.0495. The van der Waals surface area contributed by atoms with Gasteiger partial charge in [0.1, 0.15) is 0 Å². The summed E-state index contributed by atoms with van der Waals surface area (Å²) in [4.78, 5) is 18.4. The van der Waals surface area contributed by atoms with E-state index in [0.717, 1.165) is 0 Å². The number of hydrogen-bond acceptors (Lipinski definition) is 5. The number of nitrogens with two attached hydrogens (primary N) is 1. The molecule has 0 aliphatic rings. The SMILES string of the molecule is CCOCCN(CCOCC)C(=O)c1ccnc(CN)c1. The van der Waals surface area contributed by atoms with Gasteiger partial charge in [-0.05, 0) is 26.0 Å². The molecule has 1 aromatic heterocycles. The highest BCUT2D eigenvalue weighted by molar-refractivity contribution is 5.94. The molecule has 118 valence electrons. The molecule has 1 rings (SSSR count). The van der Waals surface area contributed by atoms with Gasteiger partial charge in [0, 0.05) is 44.6 Å². The monoisotopic (exact) mass is 295 g/mol. The summed E-state index contributed by atoms with van der Waals surface area (Å²) >= 11 is 0. The van der Waals surface area contributed by atoms with E-state index in [1.54, 1.807) is 23.2 Å². The second-order valence-corrected chi connectivity index (χ2v) is 4.43. The van der Waals surface area contributed by atoms with Crippen LogP contribution >= 0.6 is 0 Å². The first-order valence-electron chi connectivity index (χ1n) is 7.32. The lowest BCUT2D eigenvalue weighted by Crippen LogP contribution is -2.36. The summed E-state index contributed by atoms with van der Waals surface area (Å²) in [6, 6.07) is 3.44. The third kappa shape index (κ3) is 6.20. The molecule has 0 bridgehead atoms. The molecule has 0 aliphatic carbocycles.